The largest absolute Gasteiger partial charge is 0.550 e. The van der Waals surface area contributed by atoms with Crippen molar-refractivity contribution in [3.63, 3.8) is 0 Å². The van der Waals surface area contributed by atoms with Crippen LogP contribution in [-0.2, 0) is 19.7 Å². The van der Waals surface area contributed by atoms with Crippen molar-refractivity contribution in [1.29, 1.82) is 0 Å². The lowest BCUT2D eigenvalue weighted by molar-refractivity contribution is -0.306. The number of carboxylic acid groups (broad SMARTS) is 1. The number of rotatable bonds is 9. The number of nitrogens with two attached hydrogens (primary N) is 1. The Balaban J connectivity index is 3.20. The van der Waals surface area contributed by atoms with Crippen LogP contribution in [0, 0.1) is 5.92 Å². The van der Waals surface area contributed by atoms with Crippen LogP contribution < -0.4 is 10.8 Å². The molecule has 0 aliphatic heterocycles. The van der Waals surface area contributed by atoms with Crippen molar-refractivity contribution < 1.29 is 19.4 Å². The van der Waals surface area contributed by atoms with Crippen LogP contribution in [0.1, 0.15) is 52.1 Å². The maximum absolute atomic E-state index is 12.6. The first-order chi connectivity index (χ1) is 10.3. The second-order valence-corrected chi connectivity index (χ2v) is 6.57. The van der Waals surface area contributed by atoms with E-state index in [0.29, 0.717) is 23.2 Å². The second-order valence-electron chi connectivity index (χ2n) is 5.68. The first kappa shape index (κ1) is 18.4. The fraction of sp³-hybridized carbons (Fsp3) is 0.667. The molecule has 0 bridgehead atoms. The van der Waals surface area contributed by atoms with Gasteiger partial charge in [-0.1, -0.05) is 13.8 Å². The summed E-state index contributed by atoms with van der Waals surface area (Å²) in [5.74, 6) is -1.27. The van der Waals surface area contributed by atoms with Crippen LogP contribution in [0.4, 0.5) is 5.13 Å². The number of nitrogens with zero attached hydrogens (tertiary/aromatic N) is 1. The van der Waals surface area contributed by atoms with Crippen molar-refractivity contribution in [3.8, 4) is 0 Å². The molecule has 1 heterocycles. The van der Waals surface area contributed by atoms with Crippen molar-refractivity contribution in [2.75, 3.05) is 12.3 Å². The number of thiazole rings is 1. The smallest absolute Gasteiger partial charge is 0.318 e. The molecule has 1 atom stereocenters. The monoisotopic (exact) mass is 327 g/mol. The molecule has 0 unspecified atom stereocenters. The third-order valence-corrected chi connectivity index (χ3v) is 4.26. The summed E-state index contributed by atoms with van der Waals surface area (Å²) < 4.78 is 5.21. The third kappa shape index (κ3) is 4.69. The minimum absolute atomic E-state index is 0.101. The number of nitrogen functional groups attached to an aromatic ring is 1. The Kier molecular flexibility index (Phi) is 6.80. The Bertz CT molecular complexity index is 515. The van der Waals surface area contributed by atoms with Crippen LogP contribution >= 0.6 is 11.3 Å². The Morgan fingerprint density at radius 1 is 1.45 bits per heavy atom. The number of ether oxygens (including phenoxy) is 1. The highest BCUT2D eigenvalue weighted by Gasteiger charge is 2.43. The average Bonchev–Trinajstić information content (AvgIpc) is 2.86. The van der Waals surface area contributed by atoms with Gasteiger partial charge < -0.3 is 20.4 Å². The molecule has 0 fully saturated rings. The maximum Gasteiger partial charge on any atom is 0.318 e. The van der Waals surface area contributed by atoms with Crippen LogP contribution in [0.3, 0.4) is 0 Å². The topological polar surface area (TPSA) is 105 Å². The fourth-order valence-electron chi connectivity index (χ4n) is 2.32. The van der Waals surface area contributed by atoms with Crippen LogP contribution in [-0.4, -0.2) is 23.5 Å². The highest BCUT2D eigenvalue weighted by Crippen LogP contribution is 2.38. The van der Waals surface area contributed by atoms with Crippen LogP contribution in [0.15, 0.2) is 5.38 Å². The molecule has 2 N–H and O–H groups in total. The third-order valence-electron chi connectivity index (χ3n) is 3.58. The molecule has 0 aliphatic rings. The molecule has 0 aliphatic carbocycles. The summed E-state index contributed by atoms with van der Waals surface area (Å²) in [6.45, 7) is 6.04. The zero-order chi connectivity index (χ0) is 16.8. The van der Waals surface area contributed by atoms with Crippen LogP contribution in [0.25, 0.3) is 0 Å². The van der Waals surface area contributed by atoms with Crippen molar-refractivity contribution in [1.82, 2.24) is 4.98 Å². The van der Waals surface area contributed by atoms with E-state index >= 15 is 0 Å². The summed E-state index contributed by atoms with van der Waals surface area (Å²) in [7, 11) is 0. The van der Waals surface area contributed by atoms with Gasteiger partial charge in [-0.3, -0.25) is 4.79 Å². The van der Waals surface area contributed by atoms with Crippen molar-refractivity contribution in [2.24, 2.45) is 5.92 Å². The van der Waals surface area contributed by atoms with E-state index < -0.39 is 17.4 Å². The van der Waals surface area contributed by atoms with Crippen molar-refractivity contribution >= 4 is 28.4 Å². The highest BCUT2D eigenvalue weighted by atomic mass is 32.1. The minimum Gasteiger partial charge on any atom is -0.550 e. The Morgan fingerprint density at radius 3 is 2.59 bits per heavy atom. The van der Waals surface area contributed by atoms with Gasteiger partial charge in [-0.05, 0) is 38.5 Å². The number of anilines is 1. The molecule has 0 spiro atoms. The molecule has 124 valence electrons. The summed E-state index contributed by atoms with van der Waals surface area (Å²) in [5.41, 5.74) is 5.11. The van der Waals surface area contributed by atoms with E-state index in [1.165, 1.54) is 11.3 Å². The summed E-state index contributed by atoms with van der Waals surface area (Å²) in [6.07, 6.45) is 1.10. The molecule has 0 amide bonds. The molecular weight excluding hydrogens is 304 g/mol. The maximum atomic E-state index is 12.6. The molecular formula is C15H23N2O4S-. The first-order valence-corrected chi connectivity index (χ1v) is 8.28. The molecule has 0 saturated carbocycles. The minimum atomic E-state index is -1.19. The van der Waals surface area contributed by atoms with Gasteiger partial charge in [-0.2, -0.15) is 0 Å². The number of hydrogen-bond donors (Lipinski definition) is 1. The van der Waals surface area contributed by atoms with Gasteiger partial charge in [0, 0.05) is 11.3 Å². The Labute approximate surface area is 134 Å². The number of carboxylic acids is 1. The number of aliphatic carboxylic acids is 1. The molecule has 6 nitrogen and oxygen atoms in total. The summed E-state index contributed by atoms with van der Waals surface area (Å²) >= 11 is 1.23. The van der Waals surface area contributed by atoms with E-state index in [1.54, 1.807) is 12.3 Å². The van der Waals surface area contributed by atoms with E-state index in [1.807, 2.05) is 13.8 Å². The lowest BCUT2D eigenvalue weighted by atomic mass is 9.75. The zero-order valence-electron chi connectivity index (χ0n) is 13.3. The number of aromatic nitrogens is 1. The van der Waals surface area contributed by atoms with E-state index in [2.05, 4.69) is 4.98 Å². The standard InChI is InChI=1S/C15H24N2O4S/c1-4-21-13(20)15(7-5-10(2)3,8-6-12(18)19)11-9-22-14(16)17-11/h9-10H,4-8H2,1-3H3,(H2,16,17)(H,18,19)/p-1/t15-/m1/s1. The zero-order valence-corrected chi connectivity index (χ0v) is 14.1. The van der Waals surface area contributed by atoms with E-state index in [0.717, 1.165) is 6.42 Å². The van der Waals surface area contributed by atoms with Gasteiger partial charge in [0.05, 0.1) is 12.3 Å². The SMILES string of the molecule is CCOC(=O)[C@@](CCC(=O)[O-])(CCC(C)C)c1csc(N)n1. The van der Waals surface area contributed by atoms with E-state index in [9.17, 15) is 14.7 Å². The lowest BCUT2D eigenvalue weighted by Gasteiger charge is -2.31. The first-order valence-electron chi connectivity index (χ1n) is 7.40. The Hall–Kier alpha value is -1.63. The number of hydrogen-bond acceptors (Lipinski definition) is 7. The summed E-state index contributed by atoms with van der Waals surface area (Å²) in [4.78, 5) is 27.7. The van der Waals surface area contributed by atoms with Crippen molar-refractivity contribution in [2.45, 2.75) is 51.9 Å². The molecule has 7 heteroatoms. The van der Waals surface area contributed by atoms with Gasteiger partial charge in [-0.15, -0.1) is 11.3 Å². The molecule has 1 aromatic rings. The average molecular weight is 327 g/mol. The van der Waals surface area contributed by atoms with Crippen LogP contribution in [0.2, 0.25) is 0 Å². The molecule has 1 rings (SSSR count). The second kappa shape index (κ2) is 8.12. The fourth-order valence-corrected chi connectivity index (χ4v) is 2.98. The van der Waals surface area contributed by atoms with Gasteiger partial charge in [-0.25, -0.2) is 4.98 Å². The number of carbonyl (C=O) groups excluding carboxylic acids is 2. The van der Waals surface area contributed by atoms with Gasteiger partial charge in [0.25, 0.3) is 0 Å². The number of esters is 1. The van der Waals surface area contributed by atoms with Crippen molar-refractivity contribution in [3.05, 3.63) is 11.1 Å². The van der Waals surface area contributed by atoms with Crippen LogP contribution in [0.5, 0.6) is 0 Å². The predicted molar refractivity (Wildman–Crippen MR) is 83.2 cm³/mol. The van der Waals surface area contributed by atoms with E-state index in [-0.39, 0.29) is 19.4 Å². The Morgan fingerprint density at radius 2 is 2.14 bits per heavy atom. The predicted octanol–water partition coefficient (Wildman–Crippen LogP) is 1.49. The summed E-state index contributed by atoms with van der Waals surface area (Å²) in [6, 6.07) is 0. The van der Waals surface area contributed by atoms with Gasteiger partial charge >= 0.3 is 5.97 Å². The lowest BCUT2D eigenvalue weighted by Crippen LogP contribution is -2.40. The molecule has 0 aromatic carbocycles. The van der Waals surface area contributed by atoms with Gasteiger partial charge in [0.15, 0.2) is 5.13 Å². The molecule has 22 heavy (non-hydrogen) atoms. The quantitative estimate of drug-likeness (QED) is 0.689. The molecule has 1 aromatic heterocycles. The highest BCUT2D eigenvalue weighted by molar-refractivity contribution is 7.13. The van der Waals surface area contributed by atoms with Gasteiger partial charge in [0.2, 0.25) is 0 Å². The summed E-state index contributed by atoms with van der Waals surface area (Å²) in [5, 5.41) is 13.0. The normalized spacial score (nSPS) is 13.8. The molecule has 0 radical (unpaired) electrons. The number of carbonyl (C=O) groups is 2. The van der Waals surface area contributed by atoms with Gasteiger partial charge in [0.1, 0.15) is 5.41 Å². The molecule has 0 saturated heterocycles. The van der Waals surface area contributed by atoms with E-state index in [4.69, 9.17) is 10.5 Å².